The van der Waals surface area contributed by atoms with Gasteiger partial charge in [-0.25, -0.2) is 0 Å². The van der Waals surface area contributed by atoms with Crippen LogP contribution in [0.25, 0.3) is 0 Å². The van der Waals surface area contributed by atoms with Crippen LogP contribution in [0.5, 0.6) is 0 Å². The SMILES string of the molecule is CCCCC1CNc2c(C)nn(C)c2N1. The number of hydrogen-bond donors (Lipinski definition) is 2. The first kappa shape index (κ1) is 10.3. The maximum Gasteiger partial charge on any atom is 0.148 e. The average Bonchev–Trinajstić information content (AvgIpc) is 2.52. The second-order valence-electron chi connectivity index (χ2n) is 4.30. The minimum Gasteiger partial charge on any atom is -0.378 e. The summed E-state index contributed by atoms with van der Waals surface area (Å²) in [5, 5.41) is 11.4. The zero-order valence-electron chi connectivity index (χ0n) is 9.80. The maximum absolute atomic E-state index is 4.40. The fourth-order valence-electron chi connectivity index (χ4n) is 2.13. The van der Waals surface area contributed by atoms with E-state index in [1.807, 2.05) is 18.7 Å². The number of aromatic nitrogens is 2. The lowest BCUT2D eigenvalue weighted by molar-refractivity contribution is 0.610. The predicted molar refractivity (Wildman–Crippen MR) is 63.4 cm³/mol. The zero-order valence-corrected chi connectivity index (χ0v) is 9.80. The highest BCUT2D eigenvalue weighted by atomic mass is 15.3. The van der Waals surface area contributed by atoms with Gasteiger partial charge in [-0.05, 0) is 13.3 Å². The predicted octanol–water partition coefficient (Wildman–Crippen LogP) is 2.12. The number of anilines is 2. The van der Waals surface area contributed by atoms with Crippen LogP contribution in [-0.4, -0.2) is 22.4 Å². The Morgan fingerprint density at radius 3 is 3.07 bits per heavy atom. The molecule has 0 saturated heterocycles. The molecule has 1 aromatic heterocycles. The molecule has 0 aromatic carbocycles. The average molecular weight is 208 g/mol. The van der Waals surface area contributed by atoms with Gasteiger partial charge in [-0.2, -0.15) is 5.10 Å². The number of nitrogens with zero attached hydrogens (tertiary/aromatic N) is 2. The standard InChI is InChI=1S/C11H20N4/c1-4-5-6-9-7-12-10-8(2)14-15(3)11(10)13-9/h9,12-13H,4-7H2,1-3H3. The first-order chi connectivity index (χ1) is 7.22. The summed E-state index contributed by atoms with van der Waals surface area (Å²) in [5.74, 6) is 1.14. The van der Waals surface area contributed by atoms with Gasteiger partial charge in [-0.15, -0.1) is 0 Å². The molecule has 4 heteroatoms. The van der Waals surface area contributed by atoms with E-state index in [0.29, 0.717) is 6.04 Å². The van der Waals surface area contributed by atoms with Crippen molar-refractivity contribution in [3.8, 4) is 0 Å². The topological polar surface area (TPSA) is 41.9 Å². The van der Waals surface area contributed by atoms with Gasteiger partial charge in [0, 0.05) is 19.6 Å². The molecule has 0 fully saturated rings. The van der Waals surface area contributed by atoms with Crippen LogP contribution in [0.3, 0.4) is 0 Å². The normalized spacial score (nSPS) is 19.3. The number of hydrogen-bond acceptors (Lipinski definition) is 3. The molecular formula is C11H20N4. The van der Waals surface area contributed by atoms with Crippen LogP contribution in [0.1, 0.15) is 31.9 Å². The van der Waals surface area contributed by atoms with Crippen molar-refractivity contribution in [2.75, 3.05) is 17.2 Å². The second-order valence-corrected chi connectivity index (χ2v) is 4.30. The molecule has 1 unspecified atom stereocenters. The second kappa shape index (κ2) is 4.13. The van der Waals surface area contributed by atoms with Crippen LogP contribution < -0.4 is 10.6 Å². The van der Waals surface area contributed by atoms with E-state index in [1.54, 1.807) is 0 Å². The van der Waals surface area contributed by atoms with Gasteiger partial charge in [0.25, 0.3) is 0 Å². The van der Waals surface area contributed by atoms with Crippen LogP contribution in [0.15, 0.2) is 0 Å². The smallest absolute Gasteiger partial charge is 0.148 e. The van der Waals surface area contributed by atoms with Crippen molar-refractivity contribution in [2.45, 2.75) is 39.2 Å². The summed E-state index contributed by atoms with van der Waals surface area (Å²) >= 11 is 0. The molecule has 0 bridgehead atoms. The van der Waals surface area contributed by atoms with E-state index in [1.165, 1.54) is 24.9 Å². The lowest BCUT2D eigenvalue weighted by Crippen LogP contribution is -2.33. The summed E-state index contributed by atoms with van der Waals surface area (Å²) in [6, 6.07) is 0.548. The Labute approximate surface area is 91.1 Å². The van der Waals surface area contributed by atoms with Crippen molar-refractivity contribution < 1.29 is 0 Å². The summed E-state index contributed by atoms with van der Waals surface area (Å²) in [7, 11) is 1.99. The molecule has 1 aromatic rings. The van der Waals surface area contributed by atoms with Gasteiger partial charge >= 0.3 is 0 Å². The van der Waals surface area contributed by atoms with Gasteiger partial charge in [-0.3, -0.25) is 4.68 Å². The molecule has 2 N–H and O–H groups in total. The molecule has 15 heavy (non-hydrogen) atoms. The highest BCUT2D eigenvalue weighted by molar-refractivity contribution is 5.70. The first-order valence-corrected chi connectivity index (χ1v) is 5.76. The van der Waals surface area contributed by atoms with Crippen molar-refractivity contribution in [1.29, 1.82) is 0 Å². The van der Waals surface area contributed by atoms with Gasteiger partial charge in [0.05, 0.1) is 5.69 Å². The fraction of sp³-hybridized carbons (Fsp3) is 0.727. The zero-order chi connectivity index (χ0) is 10.8. The van der Waals surface area contributed by atoms with E-state index >= 15 is 0 Å². The Morgan fingerprint density at radius 1 is 1.53 bits per heavy atom. The van der Waals surface area contributed by atoms with E-state index in [2.05, 4.69) is 22.7 Å². The van der Waals surface area contributed by atoms with Gasteiger partial charge in [0.15, 0.2) is 0 Å². The lowest BCUT2D eigenvalue weighted by atomic mass is 10.1. The summed E-state index contributed by atoms with van der Waals surface area (Å²) in [5.41, 5.74) is 2.25. The molecule has 0 amide bonds. The number of aryl methyl sites for hydroxylation is 2. The Morgan fingerprint density at radius 2 is 2.33 bits per heavy atom. The van der Waals surface area contributed by atoms with Crippen LogP contribution in [0.2, 0.25) is 0 Å². The number of nitrogens with one attached hydrogen (secondary N) is 2. The Hall–Kier alpha value is -1.19. The van der Waals surface area contributed by atoms with Crippen molar-refractivity contribution in [1.82, 2.24) is 9.78 Å². The van der Waals surface area contributed by atoms with Crippen molar-refractivity contribution in [2.24, 2.45) is 7.05 Å². The van der Waals surface area contributed by atoms with E-state index < -0.39 is 0 Å². The van der Waals surface area contributed by atoms with Crippen molar-refractivity contribution in [3.05, 3.63) is 5.69 Å². The van der Waals surface area contributed by atoms with Gasteiger partial charge in [0.1, 0.15) is 11.5 Å². The van der Waals surface area contributed by atoms with Crippen LogP contribution in [0.4, 0.5) is 11.5 Å². The molecule has 2 heterocycles. The highest BCUT2D eigenvalue weighted by Crippen LogP contribution is 2.29. The Balaban J connectivity index is 2.09. The summed E-state index contributed by atoms with van der Waals surface area (Å²) < 4.78 is 1.93. The molecule has 84 valence electrons. The largest absolute Gasteiger partial charge is 0.378 e. The Bertz CT molecular complexity index is 343. The van der Waals surface area contributed by atoms with E-state index in [4.69, 9.17) is 0 Å². The van der Waals surface area contributed by atoms with Gasteiger partial charge < -0.3 is 10.6 Å². The maximum atomic E-state index is 4.40. The summed E-state index contributed by atoms with van der Waals surface area (Å²) in [6.45, 7) is 5.29. The Kier molecular flexibility index (Phi) is 2.84. The van der Waals surface area contributed by atoms with Crippen LogP contribution in [-0.2, 0) is 7.05 Å². The molecule has 2 rings (SSSR count). The molecule has 0 saturated carbocycles. The summed E-state index contributed by atoms with van der Waals surface area (Å²) in [4.78, 5) is 0. The quantitative estimate of drug-likeness (QED) is 0.799. The fourth-order valence-corrected chi connectivity index (χ4v) is 2.13. The molecule has 1 aliphatic heterocycles. The highest BCUT2D eigenvalue weighted by Gasteiger charge is 2.21. The van der Waals surface area contributed by atoms with E-state index in [-0.39, 0.29) is 0 Å². The number of fused-ring (bicyclic) bond motifs is 1. The van der Waals surface area contributed by atoms with E-state index in [0.717, 1.165) is 18.1 Å². The summed E-state index contributed by atoms with van der Waals surface area (Å²) in [6.07, 6.45) is 3.77. The lowest BCUT2D eigenvalue weighted by Gasteiger charge is -2.26. The minimum absolute atomic E-state index is 0.548. The van der Waals surface area contributed by atoms with Crippen molar-refractivity contribution >= 4 is 11.5 Å². The van der Waals surface area contributed by atoms with E-state index in [9.17, 15) is 0 Å². The van der Waals surface area contributed by atoms with Crippen LogP contribution in [0, 0.1) is 6.92 Å². The monoisotopic (exact) mass is 208 g/mol. The van der Waals surface area contributed by atoms with Crippen molar-refractivity contribution in [3.63, 3.8) is 0 Å². The molecule has 1 aliphatic rings. The third-order valence-corrected chi connectivity index (χ3v) is 2.99. The third-order valence-electron chi connectivity index (χ3n) is 2.99. The molecule has 1 atom stereocenters. The van der Waals surface area contributed by atoms with Crippen LogP contribution >= 0.6 is 0 Å². The number of rotatable bonds is 3. The van der Waals surface area contributed by atoms with Gasteiger partial charge in [-0.1, -0.05) is 19.8 Å². The molecule has 4 nitrogen and oxygen atoms in total. The minimum atomic E-state index is 0.548. The third kappa shape index (κ3) is 1.94. The number of unbranched alkanes of at least 4 members (excludes halogenated alkanes) is 1. The molecular weight excluding hydrogens is 188 g/mol. The molecule has 0 radical (unpaired) electrons. The first-order valence-electron chi connectivity index (χ1n) is 5.76. The molecule has 0 spiro atoms. The van der Waals surface area contributed by atoms with Gasteiger partial charge in [0.2, 0.25) is 0 Å². The molecule has 0 aliphatic carbocycles.